The van der Waals surface area contributed by atoms with Gasteiger partial charge in [0, 0.05) is 6.04 Å². The van der Waals surface area contributed by atoms with Gasteiger partial charge in [-0.1, -0.05) is 13.8 Å². The Kier molecular flexibility index (Phi) is 3.86. The lowest BCUT2D eigenvalue weighted by atomic mass is 9.79. The van der Waals surface area contributed by atoms with Gasteiger partial charge in [0.1, 0.15) is 12.1 Å². The summed E-state index contributed by atoms with van der Waals surface area (Å²) in [5, 5.41) is 14.4. The molecule has 1 aromatic heterocycles. The summed E-state index contributed by atoms with van der Waals surface area (Å²) in [6.45, 7) is 4.56. The van der Waals surface area contributed by atoms with E-state index in [1.54, 1.807) is 12.1 Å². The van der Waals surface area contributed by atoms with Crippen LogP contribution in [0.15, 0.2) is 24.5 Å². The van der Waals surface area contributed by atoms with E-state index in [-0.39, 0.29) is 5.82 Å². The molecule has 1 aliphatic rings. The Morgan fingerprint density at radius 2 is 2.10 bits per heavy atom. The Morgan fingerprint density at radius 1 is 1.24 bits per heavy atom. The first-order chi connectivity index (χ1) is 10.1. The Bertz CT molecular complexity index is 598. The van der Waals surface area contributed by atoms with Crippen LogP contribution < -0.4 is 5.32 Å². The van der Waals surface area contributed by atoms with Gasteiger partial charge in [-0.25, -0.2) is 9.07 Å². The van der Waals surface area contributed by atoms with Gasteiger partial charge in [-0.2, -0.15) is 0 Å². The second-order valence-corrected chi connectivity index (χ2v) is 6.03. The van der Waals surface area contributed by atoms with Crippen molar-refractivity contribution in [3.05, 3.63) is 30.3 Å². The minimum atomic E-state index is -0.238. The molecule has 0 spiro atoms. The van der Waals surface area contributed by atoms with Crippen molar-refractivity contribution in [1.82, 2.24) is 20.2 Å². The summed E-state index contributed by atoms with van der Waals surface area (Å²) in [5.74, 6) is 1.18. The first-order valence-corrected chi connectivity index (χ1v) is 7.43. The number of aromatic nitrogens is 4. The molecule has 0 bridgehead atoms. The van der Waals surface area contributed by atoms with E-state index in [2.05, 4.69) is 34.7 Å². The molecule has 21 heavy (non-hydrogen) atoms. The van der Waals surface area contributed by atoms with Crippen LogP contribution in [0.5, 0.6) is 0 Å². The number of hydrogen-bond donors (Lipinski definition) is 1. The Morgan fingerprint density at radius 3 is 2.81 bits per heavy atom. The minimum Gasteiger partial charge on any atom is -0.380 e. The fraction of sp³-hybridized carbons (Fsp3) is 0.533. The number of anilines is 1. The molecule has 3 unspecified atom stereocenters. The summed E-state index contributed by atoms with van der Waals surface area (Å²) in [4.78, 5) is 0. The van der Waals surface area contributed by atoms with E-state index in [0.717, 1.165) is 24.4 Å². The van der Waals surface area contributed by atoms with Gasteiger partial charge in [-0.05, 0) is 59.7 Å². The molecule has 0 amide bonds. The van der Waals surface area contributed by atoms with Crippen LogP contribution in [0, 0.1) is 17.7 Å². The van der Waals surface area contributed by atoms with Gasteiger partial charge in [0.25, 0.3) is 0 Å². The molecule has 0 saturated heterocycles. The van der Waals surface area contributed by atoms with E-state index in [9.17, 15) is 4.39 Å². The molecule has 1 saturated carbocycles. The standard InChI is InChI=1S/C15H20FN5/c1-10-3-4-12(7-11(10)2)18-15-8-13(5-6-14(15)16)21-9-17-19-20-21/h5-6,8-12,18H,3-4,7H2,1-2H3. The molecule has 1 N–H and O–H groups in total. The molecule has 3 atom stereocenters. The van der Waals surface area contributed by atoms with Crippen molar-refractivity contribution in [2.24, 2.45) is 11.8 Å². The summed E-state index contributed by atoms with van der Waals surface area (Å²) in [7, 11) is 0. The van der Waals surface area contributed by atoms with Crippen LogP contribution >= 0.6 is 0 Å². The van der Waals surface area contributed by atoms with Crippen molar-refractivity contribution < 1.29 is 4.39 Å². The SMILES string of the molecule is CC1CCC(Nc2cc(-n3cnnn3)ccc2F)CC1C. The molecule has 1 fully saturated rings. The van der Waals surface area contributed by atoms with Crippen LogP contribution in [-0.4, -0.2) is 26.2 Å². The van der Waals surface area contributed by atoms with E-state index in [0.29, 0.717) is 17.6 Å². The van der Waals surface area contributed by atoms with Gasteiger partial charge >= 0.3 is 0 Å². The van der Waals surface area contributed by atoms with E-state index in [4.69, 9.17) is 0 Å². The fourth-order valence-corrected chi connectivity index (χ4v) is 2.94. The van der Waals surface area contributed by atoms with Crippen LogP contribution in [0.1, 0.15) is 33.1 Å². The number of rotatable bonds is 3. The number of halogens is 1. The smallest absolute Gasteiger partial charge is 0.146 e. The molecule has 3 rings (SSSR count). The number of nitrogens with one attached hydrogen (secondary N) is 1. The van der Waals surface area contributed by atoms with Crippen LogP contribution in [0.2, 0.25) is 0 Å². The zero-order chi connectivity index (χ0) is 14.8. The third kappa shape index (κ3) is 3.04. The van der Waals surface area contributed by atoms with Crippen molar-refractivity contribution in [3.63, 3.8) is 0 Å². The second-order valence-electron chi connectivity index (χ2n) is 6.03. The lowest BCUT2D eigenvalue weighted by Gasteiger charge is -2.33. The summed E-state index contributed by atoms with van der Waals surface area (Å²) < 4.78 is 15.5. The normalized spacial score (nSPS) is 25.8. The van der Waals surface area contributed by atoms with Crippen molar-refractivity contribution in [2.45, 2.75) is 39.2 Å². The van der Waals surface area contributed by atoms with Gasteiger partial charge in [-0.3, -0.25) is 0 Å². The van der Waals surface area contributed by atoms with Gasteiger partial charge in [0.15, 0.2) is 0 Å². The minimum absolute atomic E-state index is 0.238. The zero-order valence-electron chi connectivity index (χ0n) is 12.3. The largest absolute Gasteiger partial charge is 0.380 e. The average molecular weight is 289 g/mol. The third-order valence-corrected chi connectivity index (χ3v) is 4.52. The summed E-state index contributed by atoms with van der Waals surface area (Å²) in [5.41, 5.74) is 1.27. The Hall–Kier alpha value is -1.98. The maximum Gasteiger partial charge on any atom is 0.146 e. The van der Waals surface area contributed by atoms with Crippen molar-refractivity contribution in [3.8, 4) is 5.69 Å². The van der Waals surface area contributed by atoms with E-state index in [1.165, 1.54) is 23.5 Å². The fourth-order valence-electron chi connectivity index (χ4n) is 2.94. The molecule has 1 heterocycles. The van der Waals surface area contributed by atoms with E-state index in [1.807, 2.05) is 0 Å². The van der Waals surface area contributed by atoms with Crippen molar-refractivity contribution >= 4 is 5.69 Å². The molecule has 2 aromatic rings. The zero-order valence-corrected chi connectivity index (χ0v) is 12.3. The number of hydrogen-bond acceptors (Lipinski definition) is 4. The van der Waals surface area contributed by atoms with E-state index >= 15 is 0 Å². The first-order valence-electron chi connectivity index (χ1n) is 7.43. The Labute approximate surface area is 123 Å². The predicted molar refractivity (Wildman–Crippen MR) is 78.7 cm³/mol. The van der Waals surface area contributed by atoms with Crippen LogP contribution in [0.4, 0.5) is 10.1 Å². The van der Waals surface area contributed by atoms with Gasteiger partial charge in [-0.15, -0.1) is 5.10 Å². The molecule has 6 heteroatoms. The van der Waals surface area contributed by atoms with Gasteiger partial charge in [0.2, 0.25) is 0 Å². The van der Waals surface area contributed by atoms with E-state index < -0.39 is 0 Å². The number of benzene rings is 1. The first kappa shape index (κ1) is 14.0. The highest BCUT2D eigenvalue weighted by atomic mass is 19.1. The highest BCUT2D eigenvalue weighted by Crippen LogP contribution is 2.31. The molecular weight excluding hydrogens is 269 g/mol. The highest BCUT2D eigenvalue weighted by Gasteiger charge is 2.25. The second kappa shape index (κ2) is 5.79. The van der Waals surface area contributed by atoms with Crippen molar-refractivity contribution in [2.75, 3.05) is 5.32 Å². The maximum atomic E-state index is 14.0. The maximum absolute atomic E-state index is 14.0. The molecule has 0 aliphatic heterocycles. The van der Waals surface area contributed by atoms with Gasteiger partial charge in [0.05, 0.1) is 11.4 Å². The molecule has 112 valence electrons. The third-order valence-electron chi connectivity index (χ3n) is 4.52. The quantitative estimate of drug-likeness (QED) is 0.943. The lowest BCUT2D eigenvalue weighted by Crippen LogP contribution is -2.30. The van der Waals surface area contributed by atoms with Crippen LogP contribution in [0.3, 0.4) is 0 Å². The monoisotopic (exact) mass is 289 g/mol. The van der Waals surface area contributed by atoms with Crippen LogP contribution in [0.25, 0.3) is 5.69 Å². The summed E-state index contributed by atoms with van der Waals surface area (Å²) in [6.07, 6.45) is 4.85. The molecular formula is C15H20FN5. The lowest BCUT2D eigenvalue weighted by molar-refractivity contribution is 0.260. The van der Waals surface area contributed by atoms with Crippen molar-refractivity contribution in [1.29, 1.82) is 0 Å². The average Bonchev–Trinajstić information content (AvgIpc) is 2.99. The summed E-state index contributed by atoms with van der Waals surface area (Å²) >= 11 is 0. The molecule has 0 radical (unpaired) electrons. The Balaban J connectivity index is 1.77. The topological polar surface area (TPSA) is 55.6 Å². The van der Waals surface area contributed by atoms with Crippen LogP contribution in [-0.2, 0) is 0 Å². The van der Waals surface area contributed by atoms with Gasteiger partial charge < -0.3 is 5.32 Å². The molecule has 1 aromatic carbocycles. The number of tetrazole rings is 1. The predicted octanol–water partition coefficient (Wildman–Crippen LogP) is 3.04. The summed E-state index contributed by atoms with van der Waals surface area (Å²) in [6, 6.07) is 5.21. The molecule has 1 aliphatic carbocycles. The highest BCUT2D eigenvalue weighted by molar-refractivity contribution is 5.52. The number of nitrogens with zero attached hydrogens (tertiary/aromatic N) is 4. The molecule has 5 nitrogen and oxygen atoms in total.